The number of aliphatic hydroxyl groups excluding tert-OH is 1. The second kappa shape index (κ2) is 3.02. The first-order chi connectivity index (χ1) is 5.13. The Balaban J connectivity index is 2.84. The highest BCUT2D eigenvalue weighted by Crippen LogP contribution is 2.10. The number of hydrogen-bond acceptors (Lipinski definition) is 3. The van der Waals surface area contributed by atoms with Gasteiger partial charge >= 0.3 is 0 Å². The maximum Gasteiger partial charge on any atom is 0.166 e. The molecule has 1 aromatic heterocycles. The van der Waals surface area contributed by atoms with Gasteiger partial charge in [-0.05, 0) is 14.1 Å². The van der Waals surface area contributed by atoms with Gasteiger partial charge in [0.15, 0.2) is 12.1 Å². The van der Waals surface area contributed by atoms with Gasteiger partial charge < -0.3 is 9.67 Å². The highest BCUT2D eigenvalue weighted by atomic mass is 16.3. The lowest BCUT2D eigenvalue weighted by molar-refractivity contribution is 0.0295. The van der Waals surface area contributed by atoms with E-state index >= 15 is 0 Å². The fraction of sp³-hybridized carbons (Fsp3) is 0.571. The predicted octanol–water partition coefficient (Wildman–Crippen LogP) is -0.0274. The molecule has 0 saturated carbocycles. The second-order valence-corrected chi connectivity index (χ2v) is 2.73. The first-order valence-electron chi connectivity index (χ1n) is 3.44. The number of nitrogens with zero attached hydrogens (tertiary/aromatic N) is 3. The molecule has 1 atom stereocenters. The van der Waals surface area contributed by atoms with Crippen molar-refractivity contribution in [3.8, 4) is 0 Å². The van der Waals surface area contributed by atoms with E-state index in [1.165, 1.54) is 0 Å². The number of aryl methyl sites for hydroxylation is 1. The normalized spacial score (nSPS) is 13.9. The summed E-state index contributed by atoms with van der Waals surface area (Å²) in [6.45, 7) is 0. The monoisotopic (exact) mass is 155 g/mol. The van der Waals surface area contributed by atoms with E-state index in [1.807, 2.05) is 13.2 Å². The van der Waals surface area contributed by atoms with E-state index in [-0.39, 0.29) is 0 Å². The third-order valence-corrected chi connectivity index (χ3v) is 1.58. The van der Waals surface area contributed by atoms with E-state index in [1.54, 1.807) is 29.8 Å². The van der Waals surface area contributed by atoms with Crippen LogP contribution in [0.25, 0.3) is 0 Å². The van der Waals surface area contributed by atoms with Crippen molar-refractivity contribution in [3.05, 3.63) is 18.2 Å². The summed E-state index contributed by atoms with van der Waals surface area (Å²) < 4.78 is 1.80. The van der Waals surface area contributed by atoms with Crippen LogP contribution >= 0.6 is 0 Å². The van der Waals surface area contributed by atoms with E-state index in [2.05, 4.69) is 4.98 Å². The van der Waals surface area contributed by atoms with E-state index in [0.29, 0.717) is 5.82 Å². The summed E-state index contributed by atoms with van der Waals surface area (Å²) in [5.74, 6) is 0.662. The fourth-order valence-electron chi connectivity index (χ4n) is 0.857. The molecule has 0 aliphatic carbocycles. The minimum atomic E-state index is -0.616. The van der Waals surface area contributed by atoms with Crippen LogP contribution in [-0.4, -0.2) is 33.7 Å². The predicted molar refractivity (Wildman–Crippen MR) is 41.9 cm³/mol. The molecule has 1 unspecified atom stereocenters. The molecule has 11 heavy (non-hydrogen) atoms. The Morgan fingerprint density at radius 1 is 1.64 bits per heavy atom. The van der Waals surface area contributed by atoms with Crippen LogP contribution in [0.5, 0.6) is 0 Å². The van der Waals surface area contributed by atoms with E-state index in [4.69, 9.17) is 0 Å². The van der Waals surface area contributed by atoms with Gasteiger partial charge in [-0.25, -0.2) is 4.98 Å². The van der Waals surface area contributed by atoms with Gasteiger partial charge in [0.05, 0.1) is 0 Å². The van der Waals surface area contributed by atoms with Crippen LogP contribution in [0, 0.1) is 0 Å². The summed E-state index contributed by atoms with van der Waals surface area (Å²) in [4.78, 5) is 5.70. The third-order valence-electron chi connectivity index (χ3n) is 1.58. The Hall–Kier alpha value is -0.870. The number of rotatable bonds is 2. The number of imidazole rings is 1. The molecule has 0 radical (unpaired) electrons. The van der Waals surface area contributed by atoms with Crippen LogP contribution in [0.1, 0.15) is 12.1 Å². The molecule has 1 aromatic rings. The smallest absolute Gasteiger partial charge is 0.166 e. The molecule has 4 nitrogen and oxygen atoms in total. The van der Waals surface area contributed by atoms with Gasteiger partial charge in [-0.1, -0.05) is 0 Å². The highest BCUT2D eigenvalue weighted by molar-refractivity contribution is 4.94. The van der Waals surface area contributed by atoms with Gasteiger partial charge in [0, 0.05) is 19.4 Å². The quantitative estimate of drug-likeness (QED) is 0.610. The molecule has 0 bridgehead atoms. The molecule has 1 rings (SSSR count). The molecular weight excluding hydrogens is 142 g/mol. The molecule has 1 N–H and O–H groups in total. The summed E-state index contributed by atoms with van der Waals surface area (Å²) in [7, 11) is 5.47. The lowest BCUT2D eigenvalue weighted by Crippen LogP contribution is -2.22. The van der Waals surface area contributed by atoms with Crippen molar-refractivity contribution >= 4 is 0 Å². The second-order valence-electron chi connectivity index (χ2n) is 2.73. The van der Waals surface area contributed by atoms with Crippen molar-refractivity contribution in [3.63, 3.8) is 0 Å². The third kappa shape index (κ3) is 1.58. The maximum atomic E-state index is 9.51. The maximum absolute atomic E-state index is 9.51. The van der Waals surface area contributed by atoms with Gasteiger partial charge in [-0.3, -0.25) is 4.90 Å². The molecule has 0 aliphatic heterocycles. The van der Waals surface area contributed by atoms with Crippen molar-refractivity contribution in [1.82, 2.24) is 14.5 Å². The van der Waals surface area contributed by atoms with Crippen LogP contribution in [0.15, 0.2) is 12.4 Å². The minimum absolute atomic E-state index is 0.616. The van der Waals surface area contributed by atoms with Crippen molar-refractivity contribution in [2.75, 3.05) is 14.1 Å². The fourth-order valence-corrected chi connectivity index (χ4v) is 0.857. The van der Waals surface area contributed by atoms with Crippen LogP contribution in [-0.2, 0) is 7.05 Å². The SMILES string of the molecule is CN(C)C(O)c1nccn1C. The summed E-state index contributed by atoms with van der Waals surface area (Å²) in [5.41, 5.74) is 0. The van der Waals surface area contributed by atoms with Gasteiger partial charge in [-0.2, -0.15) is 0 Å². The van der Waals surface area contributed by atoms with Gasteiger partial charge in [0.2, 0.25) is 0 Å². The average Bonchev–Trinajstić information content (AvgIpc) is 2.33. The lowest BCUT2D eigenvalue weighted by Gasteiger charge is -2.17. The standard InChI is InChI=1S/C7H13N3O/c1-9(2)7(11)6-8-4-5-10(6)3/h4-5,7,11H,1-3H3. The van der Waals surface area contributed by atoms with Crippen molar-refractivity contribution in [1.29, 1.82) is 0 Å². The van der Waals surface area contributed by atoms with Crippen LogP contribution < -0.4 is 0 Å². The van der Waals surface area contributed by atoms with Crippen LogP contribution in [0.3, 0.4) is 0 Å². The first kappa shape index (κ1) is 8.23. The molecule has 0 amide bonds. The summed E-state index contributed by atoms with van der Waals surface area (Å²) >= 11 is 0. The molecule has 0 aliphatic rings. The van der Waals surface area contributed by atoms with E-state index in [9.17, 15) is 5.11 Å². The Morgan fingerprint density at radius 2 is 2.27 bits per heavy atom. The largest absolute Gasteiger partial charge is 0.371 e. The van der Waals surface area contributed by atoms with E-state index < -0.39 is 6.23 Å². The molecule has 0 aromatic carbocycles. The molecular formula is C7H13N3O. The Labute approximate surface area is 66.1 Å². The Morgan fingerprint density at radius 3 is 2.64 bits per heavy atom. The molecule has 62 valence electrons. The highest BCUT2D eigenvalue weighted by Gasteiger charge is 2.13. The molecule has 1 heterocycles. The van der Waals surface area contributed by atoms with Gasteiger partial charge in [0.25, 0.3) is 0 Å². The zero-order valence-corrected chi connectivity index (χ0v) is 7.02. The first-order valence-corrected chi connectivity index (χ1v) is 3.44. The average molecular weight is 155 g/mol. The Kier molecular flexibility index (Phi) is 2.26. The van der Waals surface area contributed by atoms with Gasteiger partial charge in [0.1, 0.15) is 0 Å². The van der Waals surface area contributed by atoms with Crippen molar-refractivity contribution in [2.24, 2.45) is 7.05 Å². The number of aromatic nitrogens is 2. The van der Waals surface area contributed by atoms with Crippen LogP contribution in [0.4, 0.5) is 0 Å². The number of aliphatic hydroxyl groups is 1. The number of hydrogen-bond donors (Lipinski definition) is 1. The zero-order chi connectivity index (χ0) is 8.43. The van der Waals surface area contributed by atoms with Crippen molar-refractivity contribution < 1.29 is 5.11 Å². The van der Waals surface area contributed by atoms with Crippen molar-refractivity contribution in [2.45, 2.75) is 6.23 Å². The summed E-state index contributed by atoms with van der Waals surface area (Å²) in [5, 5.41) is 9.51. The van der Waals surface area contributed by atoms with Gasteiger partial charge in [-0.15, -0.1) is 0 Å². The Bertz CT molecular complexity index is 231. The zero-order valence-electron chi connectivity index (χ0n) is 7.02. The molecule has 0 saturated heterocycles. The molecule has 0 fully saturated rings. The van der Waals surface area contributed by atoms with E-state index in [0.717, 1.165) is 0 Å². The minimum Gasteiger partial charge on any atom is -0.371 e. The molecule has 0 spiro atoms. The summed E-state index contributed by atoms with van der Waals surface area (Å²) in [6, 6.07) is 0. The molecule has 4 heteroatoms. The topological polar surface area (TPSA) is 41.3 Å². The lowest BCUT2D eigenvalue weighted by atomic mass is 10.5. The van der Waals surface area contributed by atoms with Crippen LogP contribution in [0.2, 0.25) is 0 Å². The summed E-state index contributed by atoms with van der Waals surface area (Å²) in [6.07, 6.45) is 2.86.